The fourth-order valence-corrected chi connectivity index (χ4v) is 3.26. The van der Waals surface area contributed by atoms with Crippen molar-refractivity contribution >= 4 is 27.3 Å². The van der Waals surface area contributed by atoms with E-state index in [2.05, 4.69) is 21.2 Å². The van der Waals surface area contributed by atoms with E-state index in [0.717, 1.165) is 9.35 Å². The second kappa shape index (κ2) is 5.25. The first-order valence-corrected chi connectivity index (χ1v) is 6.66. The van der Waals surface area contributed by atoms with E-state index in [-0.39, 0.29) is 5.56 Å². The fraction of sp³-hybridized carbons (Fsp3) is 0.167. The van der Waals surface area contributed by atoms with Crippen molar-refractivity contribution in [2.75, 3.05) is 7.05 Å². The lowest BCUT2D eigenvalue weighted by Gasteiger charge is -2.16. The van der Waals surface area contributed by atoms with E-state index in [1.807, 2.05) is 11.4 Å². The number of hydrogen-bond donors (Lipinski definition) is 1. The maximum Gasteiger partial charge on any atom is 0.131 e. The van der Waals surface area contributed by atoms with Crippen molar-refractivity contribution in [3.8, 4) is 0 Å². The van der Waals surface area contributed by atoms with Crippen LogP contribution in [0.1, 0.15) is 16.5 Å². The summed E-state index contributed by atoms with van der Waals surface area (Å²) >= 11 is 4.79. The molecular weight excluding hydrogens is 308 g/mol. The van der Waals surface area contributed by atoms with Crippen molar-refractivity contribution in [2.45, 2.75) is 6.04 Å². The van der Waals surface area contributed by atoms with Gasteiger partial charge in [-0.1, -0.05) is 6.07 Å². The molecule has 0 aliphatic carbocycles. The molecule has 0 radical (unpaired) electrons. The highest BCUT2D eigenvalue weighted by Crippen LogP contribution is 2.32. The van der Waals surface area contributed by atoms with Crippen molar-refractivity contribution in [1.29, 1.82) is 0 Å². The van der Waals surface area contributed by atoms with Crippen molar-refractivity contribution < 1.29 is 8.78 Å². The van der Waals surface area contributed by atoms with Crippen molar-refractivity contribution in [3.05, 3.63) is 56.2 Å². The number of hydrogen-bond acceptors (Lipinski definition) is 2. The zero-order valence-corrected chi connectivity index (χ0v) is 11.4. The Labute approximate surface area is 111 Å². The molecule has 1 aromatic heterocycles. The van der Waals surface area contributed by atoms with Gasteiger partial charge in [0.15, 0.2) is 0 Å². The van der Waals surface area contributed by atoms with Gasteiger partial charge in [-0.15, -0.1) is 11.3 Å². The van der Waals surface area contributed by atoms with Gasteiger partial charge in [0.05, 0.1) is 6.04 Å². The Balaban J connectivity index is 2.49. The third-order valence-electron chi connectivity index (χ3n) is 2.45. The average Bonchev–Trinajstić information content (AvgIpc) is 2.70. The standard InChI is InChI=1S/C12H10BrF2NS/c1-16-12(10-5-7(13)6-17-10)11-8(14)3-2-4-9(11)15/h2-6,12,16H,1H3. The molecule has 0 saturated carbocycles. The van der Waals surface area contributed by atoms with Gasteiger partial charge in [-0.25, -0.2) is 8.78 Å². The second-order valence-corrected chi connectivity index (χ2v) is 5.38. The Morgan fingerprint density at radius 3 is 2.41 bits per heavy atom. The molecule has 0 aliphatic rings. The van der Waals surface area contributed by atoms with Crippen LogP contribution >= 0.6 is 27.3 Å². The quantitative estimate of drug-likeness (QED) is 0.898. The Kier molecular flexibility index (Phi) is 3.91. The molecule has 1 N–H and O–H groups in total. The van der Waals surface area contributed by atoms with Crippen LogP contribution in [0.4, 0.5) is 8.78 Å². The van der Waals surface area contributed by atoms with Crippen molar-refractivity contribution in [2.24, 2.45) is 0 Å². The van der Waals surface area contributed by atoms with Crippen LogP contribution < -0.4 is 5.32 Å². The van der Waals surface area contributed by atoms with Crippen LogP contribution in [-0.2, 0) is 0 Å². The van der Waals surface area contributed by atoms with Crippen molar-refractivity contribution in [1.82, 2.24) is 5.32 Å². The molecule has 0 aliphatic heterocycles. The van der Waals surface area contributed by atoms with E-state index in [1.165, 1.54) is 29.5 Å². The Bertz CT molecular complexity index is 507. The molecule has 2 aromatic rings. The third kappa shape index (κ3) is 2.56. The van der Waals surface area contributed by atoms with Gasteiger partial charge in [-0.05, 0) is 41.2 Å². The molecular formula is C12H10BrF2NS. The SMILES string of the molecule is CNC(c1cc(Br)cs1)c1c(F)cccc1F. The highest BCUT2D eigenvalue weighted by atomic mass is 79.9. The number of halogens is 3. The number of nitrogens with one attached hydrogen (secondary N) is 1. The lowest BCUT2D eigenvalue weighted by molar-refractivity contribution is 0.524. The van der Waals surface area contributed by atoms with Gasteiger partial charge in [0.1, 0.15) is 11.6 Å². The van der Waals surface area contributed by atoms with Gasteiger partial charge in [0.2, 0.25) is 0 Å². The van der Waals surface area contributed by atoms with E-state index in [1.54, 1.807) is 7.05 Å². The molecule has 1 nitrogen and oxygen atoms in total. The van der Waals surface area contributed by atoms with Gasteiger partial charge < -0.3 is 5.32 Å². The van der Waals surface area contributed by atoms with Gasteiger partial charge in [-0.2, -0.15) is 0 Å². The molecule has 0 bridgehead atoms. The molecule has 1 heterocycles. The van der Waals surface area contributed by atoms with E-state index in [9.17, 15) is 8.78 Å². The van der Waals surface area contributed by atoms with E-state index in [0.29, 0.717) is 0 Å². The van der Waals surface area contributed by atoms with Crippen molar-refractivity contribution in [3.63, 3.8) is 0 Å². The van der Waals surface area contributed by atoms with Gasteiger partial charge in [0.25, 0.3) is 0 Å². The highest BCUT2D eigenvalue weighted by molar-refractivity contribution is 9.10. The number of benzene rings is 1. The monoisotopic (exact) mass is 317 g/mol. The van der Waals surface area contributed by atoms with Crippen LogP contribution in [0.3, 0.4) is 0 Å². The number of thiophene rings is 1. The van der Waals surface area contributed by atoms with Gasteiger partial charge in [-0.3, -0.25) is 0 Å². The largest absolute Gasteiger partial charge is 0.308 e. The molecule has 0 spiro atoms. The zero-order valence-electron chi connectivity index (χ0n) is 9.01. The normalized spacial score (nSPS) is 12.7. The molecule has 90 valence electrons. The molecule has 1 aromatic carbocycles. The van der Waals surface area contributed by atoms with E-state index >= 15 is 0 Å². The summed E-state index contributed by atoms with van der Waals surface area (Å²) in [6.07, 6.45) is 0. The molecule has 2 rings (SSSR count). The smallest absolute Gasteiger partial charge is 0.131 e. The van der Waals surface area contributed by atoms with Crippen LogP contribution in [-0.4, -0.2) is 7.05 Å². The number of rotatable bonds is 3. The summed E-state index contributed by atoms with van der Waals surface area (Å²) in [5.41, 5.74) is 0.0596. The van der Waals surface area contributed by atoms with Crippen LogP contribution in [0.15, 0.2) is 34.1 Å². The maximum atomic E-state index is 13.7. The van der Waals surface area contributed by atoms with Gasteiger partial charge >= 0.3 is 0 Å². The fourth-order valence-electron chi connectivity index (χ4n) is 1.69. The van der Waals surface area contributed by atoms with E-state index < -0.39 is 17.7 Å². The van der Waals surface area contributed by atoms with Crippen LogP contribution in [0.5, 0.6) is 0 Å². The minimum atomic E-state index is -0.533. The molecule has 0 saturated heterocycles. The predicted molar refractivity (Wildman–Crippen MR) is 69.3 cm³/mol. The van der Waals surface area contributed by atoms with Crippen LogP contribution in [0, 0.1) is 11.6 Å². The molecule has 0 amide bonds. The average molecular weight is 318 g/mol. The minimum Gasteiger partial charge on any atom is -0.308 e. The summed E-state index contributed by atoms with van der Waals surface area (Å²) in [4.78, 5) is 0.864. The first-order chi connectivity index (χ1) is 8.13. The molecule has 17 heavy (non-hydrogen) atoms. The predicted octanol–water partition coefficient (Wildman–Crippen LogP) is 4.10. The molecule has 5 heteroatoms. The lowest BCUT2D eigenvalue weighted by Crippen LogP contribution is -2.19. The first kappa shape index (κ1) is 12.7. The molecule has 0 fully saturated rings. The minimum absolute atomic E-state index is 0.0596. The second-order valence-electron chi connectivity index (χ2n) is 3.52. The summed E-state index contributed by atoms with van der Waals surface area (Å²) in [6.45, 7) is 0. The maximum absolute atomic E-state index is 13.7. The summed E-state index contributed by atoms with van der Waals surface area (Å²) in [7, 11) is 1.68. The van der Waals surface area contributed by atoms with Crippen LogP contribution in [0.2, 0.25) is 0 Å². The van der Waals surface area contributed by atoms with Gasteiger partial charge in [0, 0.05) is 20.3 Å². The summed E-state index contributed by atoms with van der Waals surface area (Å²) in [5.74, 6) is -1.07. The lowest BCUT2D eigenvalue weighted by atomic mass is 10.0. The molecule has 1 unspecified atom stereocenters. The third-order valence-corrected chi connectivity index (χ3v) is 4.21. The summed E-state index contributed by atoms with van der Waals surface area (Å²) in [5, 5.41) is 4.83. The van der Waals surface area contributed by atoms with E-state index in [4.69, 9.17) is 0 Å². The summed E-state index contributed by atoms with van der Waals surface area (Å²) in [6, 6.07) is 5.30. The topological polar surface area (TPSA) is 12.0 Å². The Morgan fingerprint density at radius 2 is 1.94 bits per heavy atom. The zero-order chi connectivity index (χ0) is 12.4. The summed E-state index contributed by atoms with van der Waals surface area (Å²) < 4.78 is 28.3. The Hall–Kier alpha value is -0.780. The molecule has 1 atom stereocenters. The highest BCUT2D eigenvalue weighted by Gasteiger charge is 2.21. The van der Waals surface area contributed by atoms with Crippen LogP contribution in [0.25, 0.3) is 0 Å². The Morgan fingerprint density at radius 1 is 1.29 bits per heavy atom. The first-order valence-electron chi connectivity index (χ1n) is 4.98.